The van der Waals surface area contributed by atoms with E-state index in [0.29, 0.717) is 17.3 Å². The maximum Gasteiger partial charge on any atom is 0.226 e. The van der Waals surface area contributed by atoms with Crippen molar-refractivity contribution in [1.29, 1.82) is 0 Å². The number of rotatable bonds is 7. The Morgan fingerprint density at radius 2 is 1.92 bits per heavy atom. The average molecular weight is 500 g/mol. The van der Waals surface area contributed by atoms with Gasteiger partial charge < -0.3 is 20.1 Å². The third-order valence-corrected chi connectivity index (χ3v) is 6.62. The Bertz CT molecular complexity index is 1370. The summed E-state index contributed by atoms with van der Waals surface area (Å²) in [6.07, 6.45) is 4.03. The van der Waals surface area contributed by atoms with Gasteiger partial charge in [0.1, 0.15) is 5.82 Å². The van der Waals surface area contributed by atoms with Crippen LogP contribution in [-0.2, 0) is 4.79 Å². The fourth-order valence-electron chi connectivity index (χ4n) is 4.59. The maximum absolute atomic E-state index is 13.2. The normalized spacial score (nSPS) is 17.2. The molecule has 0 saturated carbocycles. The number of aromatic nitrogens is 2. The molecule has 0 aliphatic carbocycles. The summed E-state index contributed by atoms with van der Waals surface area (Å²) in [4.78, 5) is 19.4. The van der Waals surface area contributed by atoms with Crippen LogP contribution in [-0.4, -0.2) is 32.0 Å². The van der Waals surface area contributed by atoms with Crippen LogP contribution >= 0.6 is 12.2 Å². The molecule has 2 atom stereocenters. The summed E-state index contributed by atoms with van der Waals surface area (Å²) < 4.78 is 15.4. The molecule has 5 rings (SSSR count). The minimum absolute atomic E-state index is 0.168. The van der Waals surface area contributed by atoms with Crippen molar-refractivity contribution in [1.82, 2.24) is 19.8 Å². The lowest BCUT2D eigenvalue weighted by atomic mass is 10.0. The van der Waals surface area contributed by atoms with E-state index >= 15 is 0 Å². The van der Waals surface area contributed by atoms with E-state index < -0.39 is 0 Å². The molecule has 1 aliphatic heterocycles. The van der Waals surface area contributed by atoms with Crippen LogP contribution in [0.4, 0.5) is 10.1 Å². The molecule has 6 nitrogen and oxygen atoms in total. The Balaban J connectivity index is 1.44. The Morgan fingerprint density at radius 3 is 2.67 bits per heavy atom. The molecular formula is C28H26FN5OS. The molecule has 2 aromatic heterocycles. The molecule has 2 N–H and O–H groups in total. The zero-order valence-corrected chi connectivity index (χ0v) is 20.6. The van der Waals surface area contributed by atoms with E-state index in [0.717, 1.165) is 17.1 Å². The van der Waals surface area contributed by atoms with Crippen LogP contribution in [0.5, 0.6) is 0 Å². The second-order valence-corrected chi connectivity index (χ2v) is 9.15. The predicted molar refractivity (Wildman–Crippen MR) is 142 cm³/mol. The fraction of sp³-hybridized carbons (Fsp3) is 0.179. The quantitative estimate of drug-likeness (QED) is 0.337. The topological polar surface area (TPSA) is 62.2 Å². The van der Waals surface area contributed by atoms with E-state index in [2.05, 4.69) is 56.3 Å². The third-order valence-electron chi connectivity index (χ3n) is 6.27. The summed E-state index contributed by atoms with van der Waals surface area (Å²) in [5, 5.41) is 6.84. The Labute approximate surface area is 214 Å². The molecule has 1 aliphatic rings. The zero-order chi connectivity index (χ0) is 25.1. The predicted octanol–water partition coefficient (Wildman–Crippen LogP) is 5.32. The number of thiocarbonyl (C=S) groups is 1. The number of anilines is 1. The lowest BCUT2D eigenvalue weighted by Crippen LogP contribution is -2.33. The highest BCUT2D eigenvalue weighted by atomic mass is 32.1. The number of nitrogens with one attached hydrogen (secondary N) is 2. The number of amides is 1. The van der Waals surface area contributed by atoms with Crippen molar-refractivity contribution < 1.29 is 9.18 Å². The van der Waals surface area contributed by atoms with Gasteiger partial charge in [-0.25, -0.2) is 4.39 Å². The monoisotopic (exact) mass is 499 g/mol. The van der Waals surface area contributed by atoms with Gasteiger partial charge in [-0.05, 0) is 85.4 Å². The van der Waals surface area contributed by atoms with Crippen molar-refractivity contribution in [2.24, 2.45) is 0 Å². The molecule has 3 heterocycles. The Hall–Kier alpha value is -4.04. The van der Waals surface area contributed by atoms with Gasteiger partial charge in [-0.3, -0.25) is 9.78 Å². The van der Waals surface area contributed by atoms with Crippen LogP contribution in [0, 0.1) is 12.7 Å². The molecule has 8 heteroatoms. The number of carbonyl (C=O) groups excluding carboxylic acids is 1. The van der Waals surface area contributed by atoms with E-state index in [1.54, 1.807) is 18.3 Å². The SMILES string of the molecule is Cc1cccc(-n2cccc2[C@@H]2[C@H](c3ccccn3)NC(=S)N2CCC(=O)Nc2ccc(F)cc2)c1. The van der Waals surface area contributed by atoms with E-state index in [9.17, 15) is 9.18 Å². The van der Waals surface area contributed by atoms with E-state index in [1.165, 1.54) is 17.7 Å². The molecule has 182 valence electrons. The number of hydrogen-bond acceptors (Lipinski definition) is 3. The number of aryl methyl sites for hydroxylation is 1. The summed E-state index contributed by atoms with van der Waals surface area (Å²) in [5.41, 5.74) is 4.70. The van der Waals surface area contributed by atoms with Crippen LogP contribution in [0.3, 0.4) is 0 Å². The van der Waals surface area contributed by atoms with Crippen LogP contribution in [0.15, 0.2) is 91.3 Å². The summed E-state index contributed by atoms with van der Waals surface area (Å²) >= 11 is 5.75. The first-order valence-corrected chi connectivity index (χ1v) is 12.2. The molecule has 0 radical (unpaired) electrons. The van der Waals surface area contributed by atoms with Crippen molar-refractivity contribution in [3.63, 3.8) is 0 Å². The minimum atomic E-state index is -0.346. The largest absolute Gasteiger partial charge is 0.352 e. The number of halogens is 1. The highest BCUT2D eigenvalue weighted by Crippen LogP contribution is 2.39. The number of nitrogens with zero attached hydrogens (tertiary/aromatic N) is 3. The van der Waals surface area contributed by atoms with Crippen molar-refractivity contribution in [2.75, 3.05) is 11.9 Å². The van der Waals surface area contributed by atoms with Crippen LogP contribution < -0.4 is 10.6 Å². The Kier molecular flexibility index (Phi) is 6.77. The van der Waals surface area contributed by atoms with Gasteiger partial charge in [-0.15, -0.1) is 0 Å². The molecule has 0 bridgehead atoms. The Morgan fingerprint density at radius 1 is 1.08 bits per heavy atom. The van der Waals surface area contributed by atoms with Gasteiger partial charge in [0.15, 0.2) is 5.11 Å². The molecule has 1 saturated heterocycles. The third kappa shape index (κ3) is 4.99. The van der Waals surface area contributed by atoms with Gasteiger partial charge in [0, 0.05) is 42.4 Å². The molecule has 0 unspecified atom stereocenters. The molecule has 36 heavy (non-hydrogen) atoms. The summed E-state index contributed by atoms with van der Waals surface area (Å²) in [6, 6.07) is 23.6. The summed E-state index contributed by atoms with van der Waals surface area (Å²) in [6.45, 7) is 2.48. The lowest BCUT2D eigenvalue weighted by molar-refractivity contribution is -0.116. The standard InChI is InChI=1S/C28H26FN5OS/c1-19-6-4-7-22(18-19)33-16-5-9-24(33)27-26(23-8-2-3-15-30-23)32-28(36)34(27)17-14-25(35)31-21-12-10-20(29)11-13-21/h2-13,15-16,18,26-27H,14,17H2,1H3,(H,31,35)(H,32,36)/t26-,27+/m0/s1. The van der Waals surface area contributed by atoms with Crippen LogP contribution in [0.2, 0.25) is 0 Å². The highest BCUT2D eigenvalue weighted by molar-refractivity contribution is 7.80. The molecule has 1 fully saturated rings. The number of hydrogen-bond donors (Lipinski definition) is 2. The van der Waals surface area contributed by atoms with Gasteiger partial charge in [0.2, 0.25) is 5.91 Å². The average Bonchev–Trinajstić information content (AvgIpc) is 3.49. The second-order valence-electron chi connectivity index (χ2n) is 8.77. The van der Waals surface area contributed by atoms with Crippen molar-refractivity contribution in [2.45, 2.75) is 25.4 Å². The molecule has 4 aromatic rings. The molecular weight excluding hydrogens is 473 g/mol. The van der Waals surface area contributed by atoms with Gasteiger partial charge in [-0.2, -0.15) is 0 Å². The first-order chi connectivity index (χ1) is 17.5. The fourth-order valence-corrected chi connectivity index (χ4v) is 4.93. The van der Waals surface area contributed by atoms with E-state index in [4.69, 9.17) is 12.2 Å². The number of benzene rings is 2. The van der Waals surface area contributed by atoms with Gasteiger partial charge in [0.05, 0.1) is 17.8 Å². The van der Waals surface area contributed by atoms with Crippen molar-refractivity contribution in [3.05, 3.63) is 114 Å². The first-order valence-electron chi connectivity index (χ1n) is 11.8. The minimum Gasteiger partial charge on any atom is -0.352 e. The maximum atomic E-state index is 13.2. The van der Waals surface area contributed by atoms with Crippen LogP contribution in [0.25, 0.3) is 5.69 Å². The van der Waals surface area contributed by atoms with Gasteiger partial charge in [-0.1, -0.05) is 18.2 Å². The summed E-state index contributed by atoms with van der Waals surface area (Å²) in [5.74, 6) is -0.514. The van der Waals surface area contributed by atoms with Crippen molar-refractivity contribution in [3.8, 4) is 5.69 Å². The molecule has 0 spiro atoms. The van der Waals surface area contributed by atoms with E-state index in [1.807, 2.05) is 36.5 Å². The highest BCUT2D eigenvalue weighted by Gasteiger charge is 2.41. The molecule has 2 aromatic carbocycles. The van der Waals surface area contributed by atoms with Crippen molar-refractivity contribution >= 4 is 28.9 Å². The zero-order valence-electron chi connectivity index (χ0n) is 19.8. The van der Waals surface area contributed by atoms with Gasteiger partial charge in [0.25, 0.3) is 0 Å². The molecule has 1 amide bonds. The van der Waals surface area contributed by atoms with Gasteiger partial charge >= 0.3 is 0 Å². The number of carbonyl (C=O) groups is 1. The smallest absolute Gasteiger partial charge is 0.226 e. The second kappa shape index (κ2) is 10.3. The first kappa shape index (κ1) is 23.7. The number of pyridine rings is 1. The van der Waals surface area contributed by atoms with E-state index in [-0.39, 0.29) is 30.2 Å². The lowest BCUT2D eigenvalue weighted by Gasteiger charge is -2.29. The summed E-state index contributed by atoms with van der Waals surface area (Å²) in [7, 11) is 0. The van der Waals surface area contributed by atoms with Crippen LogP contribution in [0.1, 0.15) is 35.5 Å².